The Morgan fingerprint density at radius 1 is 0.941 bits per heavy atom. The van der Waals surface area contributed by atoms with Crippen LogP contribution in [0.15, 0.2) is 79.0 Å². The van der Waals surface area contributed by atoms with Crippen LogP contribution in [0.3, 0.4) is 0 Å². The van der Waals surface area contributed by atoms with Crippen LogP contribution >= 0.6 is 0 Å². The number of amides is 2. The number of carbonyl (C=O) groups excluding carboxylic acids is 2. The lowest BCUT2D eigenvalue weighted by atomic mass is 9.89. The van der Waals surface area contributed by atoms with Crippen LogP contribution in [0.5, 0.6) is 5.75 Å². The van der Waals surface area contributed by atoms with Crippen LogP contribution in [0.4, 0.5) is 5.69 Å². The number of piperidine rings is 1. The number of aromatic amines is 1. The van der Waals surface area contributed by atoms with Gasteiger partial charge in [-0.2, -0.15) is 0 Å². The number of benzene rings is 3. The van der Waals surface area contributed by atoms with Gasteiger partial charge < -0.3 is 19.9 Å². The summed E-state index contributed by atoms with van der Waals surface area (Å²) < 4.78 is 5.15. The van der Waals surface area contributed by atoms with Crippen LogP contribution in [0, 0.1) is 0 Å². The second kappa shape index (κ2) is 9.43. The van der Waals surface area contributed by atoms with Gasteiger partial charge in [0.2, 0.25) is 0 Å². The van der Waals surface area contributed by atoms with Crippen molar-refractivity contribution >= 4 is 28.4 Å². The maximum absolute atomic E-state index is 13.4. The summed E-state index contributed by atoms with van der Waals surface area (Å²) in [6.45, 7) is 1.37. The molecule has 1 aliphatic heterocycles. The molecule has 6 nitrogen and oxygen atoms in total. The van der Waals surface area contributed by atoms with Crippen LogP contribution in [-0.2, 0) is 0 Å². The van der Waals surface area contributed by atoms with Gasteiger partial charge in [-0.1, -0.05) is 30.3 Å². The van der Waals surface area contributed by atoms with E-state index in [0.717, 1.165) is 18.4 Å². The first-order valence-corrected chi connectivity index (χ1v) is 11.5. The lowest BCUT2D eigenvalue weighted by Gasteiger charge is -2.32. The summed E-state index contributed by atoms with van der Waals surface area (Å²) in [7, 11) is 1.58. The highest BCUT2D eigenvalue weighted by Gasteiger charge is 2.27. The minimum absolute atomic E-state index is 0.0528. The van der Waals surface area contributed by atoms with Crippen molar-refractivity contribution in [3.8, 4) is 5.75 Å². The SMILES string of the molecule is COc1ccc(C(=O)Nc2ccccc2C(=O)N2CCC(c3c[nH]c4ccccc34)CC2)cc1. The van der Waals surface area contributed by atoms with E-state index >= 15 is 0 Å². The normalized spacial score (nSPS) is 14.2. The Kier molecular flexibility index (Phi) is 6.04. The number of H-pyrrole nitrogens is 1. The third kappa shape index (κ3) is 4.27. The molecule has 5 rings (SSSR count). The van der Waals surface area contributed by atoms with Crippen molar-refractivity contribution < 1.29 is 14.3 Å². The zero-order valence-corrected chi connectivity index (χ0v) is 19.1. The standard InChI is InChI=1S/C28H27N3O3/c1-34-21-12-10-20(11-13-21)27(32)30-26-9-5-3-7-23(26)28(33)31-16-14-19(15-17-31)24-18-29-25-8-4-2-6-22(24)25/h2-13,18-19,29H,14-17H2,1H3,(H,30,32). The van der Waals surface area contributed by atoms with E-state index in [1.165, 1.54) is 10.9 Å². The molecular weight excluding hydrogens is 426 g/mol. The first kappa shape index (κ1) is 21.8. The van der Waals surface area contributed by atoms with Crippen molar-refractivity contribution in [2.75, 3.05) is 25.5 Å². The molecule has 0 radical (unpaired) electrons. The molecule has 0 saturated carbocycles. The molecule has 0 atom stereocenters. The molecule has 2 N–H and O–H groups in total. The fraction of sp³-hybridized carbons (Fsp3) is 0.214. The number of para-hydroxylation sites is 2. The molecule has 1 saturated heterocycles. The van der Waals surface area contributed by atoms with Crippen molar-refractivity contribution in [3.05, 3.63) is 95.7 Å². The minimum atomic E-state index is -0.263. The predicted molar refractivity (Wildman–Crippen MR) is 134 cm³/mol. The van der Waals surface area contributed by atoms with E-state index in [0.29, 0.717) is 41.6 Å². The number of hydrogen-bond acceptors (Lipinski definition) is 3. The highest BCUT2D eigenvalue weighted by atomic mass is 16.5. The molecule has 2 amide bonds. The summed E-state index contributed by atoms with van der Waals surface area (Å²) in [5.41, 5.74) is 4.01. The van der Waals surface area contributed by atoms with E-state index in [1.807, 2.05) is 23.1 Å². The molecule has 1 aliphatic rings. The summed E-state index contributed by atoms with van der Waals surface area (Å²) in [5.74, 6) is 0.789. The Labute approximate surface area is 198 Å². The third-order valence-electron chi connectivity index (χ3n) is 6.60. The van der Waals surface area contributed by atoms with Crippen LogP contribution in [-0.4, -0.2) is 41.9 Å². The Hall–Kier alpha value is -4.06. The van der Waals surface area contributed by atoms with Crippen molar-refractivity contribution in [2.45, 2.75) is 18.8 Å². The largest absolute Gasteiger partial charge is 0.497 e. The third-order valence-corrected chi connectivity index (χ3v) is 6.60. The number of fused-ring (bicyclic) bond motifs is 1. The number of ether oxygens (including phenoxy) is 1. The number of methoxy groups -OCH3 is 1. The molecule has 1 fully saturated rings. The van der Waals surface area contributed by atoms with Crippen molar-refractivity contribution in [1.29, 1.82) is 0 Å². The Bertz CT molecular complexity index is 1320. The van der Waals surface area contributed by atoms with Gasteiger partial charge in [-0.3, -0.25) is 9.59 Å². The number of nitrogens with one attached hydrogen (secondary N) is 2. The summed E-state index contributed by atoms with van der Waals surface area (Å²) >= 11 is 0. The number of aromatic nitrogens is 1. The minimum Gasteiger partial charge on any atom is -0.497 e. The van der Waals surface area contributed by atoms with Gasteiger partial charge in [0.15, 0.2) is 0 Å². The second-order valence-corrected chi connectivity index (χ2v) is 8.58. The molecule has 172 valence electrons. The lowest BCUT2D eigenvalue weighted by Crippen LogP contribution is -2.38. The zero-order chi connectivity index (χ0) is 23.5. The number of rotatable bonds is 5. The smallest absolute Gasteiger partial charge is 0.255 e. The van der Waals surface area contributed by atoms with Gasteiger partial charge in [0, 0.05) is 35.8 Å². The monoisotopic (exact) mass is 453 g/mol. The topological polar surface area (TPSA) is 74.4 Å². The van der Waals surface area contributed by atoms with E-state index in [-0.39, 0.29) is 11.8 Å². The summed E-state index contributed by atoms with van der Waals surface area (Å²) in [6, 6.07) is 22.4. The molecule has 34 heavy (non-hydrogen) atoms. The summed E-state index contributed by atoms with van der Waals surface area (Å²) in [4.78, 5) is 31.4. The van der Waals surface area contributed by atoms with Gasteiger partial charge in [-0.15, -0.1) is 0 Å². The Balaban J connectivity index is 1.27. The van der Waals surface area contributed by atoms with E-state index < -0.39 is 0 Å². The van der Waals surface area contributed by atoms with E-state index in [1.54, 1.807) is 43.5 Å². The predicted octanol–water partition coefficient (Wildman–Crippen LogP) is 5.45. The van der Waals surface area contributed by atoms with Gasteiger partial charge in [-0.25, -0.2) is 0 Å². The average Bonchev–Trinajstić information content (AvgIpc) is 3.33. The fourth-order valence-corrected chi connectivity index (χ4v) is 4.71. The molecule has 0 unspecified atom stereocenters. The number of carbonyl (C=O) groups is 2. The summed E-state index contributed by atoms with van der Waals surface area (Å²) in [5, 5.41) is 4.17. The molecule has 6 heteroatoms. The van der Waals surface area contributed by atoms with Gasteiger partial charge >= 0.3 is 0 Å². The second-order valence-electron chi connectivity index (χ2n) is 8.58. The molecule has 2 heterocycles. The van der Waals surface area contributed by atoms with Crippen molar-refractivity contribution in [1.82, 2.24) is 9.88 Å². The molecular formula is C28H27N3O3. The highest BCUT2D eigenvalue weighted by molar-refractivity contribution is 6.09. The lowest BCUT2D eigenvalue weighted by molar-refractivity contribution is 0.0714. The van der Waals surface area contributed by atoms with E-state index in [2.05, 4.69) is 34.7 Å². The average molecular weight is 454 g/mol. The Morgan fingerprint density at radius 2 is 1.65 bits per heavy atom. The van der Waals surface area contributed by atoms with Crippen LogP contribution in [0.2, 0.25) is 0 Å². The number of hydrogen-bond donors (Lipinski definition) is 2. The molecule has 0 aliphatic carbocycles. The first-order chi connectivity index (χ1) is 16.6. The Morgan fingerprint density at radius 3 is 2.41 bits per heavy atom. The van der Waals surface area contributed by atoms with Gasteiger partial charge in [0.1, 0.15) is 5.75 Å². The highest BCUT2D eigenvalue weighted by Crippen LogP contribution is 2.34. The van der Waals surface area contributed by atoms with Gasteiger partial charge in [0.25, 0.3) is 11.8 Å². The fourth-order valence-electron chi connectivity index (χ4n) is 4.71. The molecule has 1 aromatic heterocycles. The quantitative estimate of drug-likeness (QED) is 0.422. The van der Waals surface area contributed by atoms with Gasteiger partial charge in [-0.05, 0) is 66.8 Å². The summed E-state index contributed by atoms with van der Waals surface area (Å²) in [6.07, 6.45) is 3.93. The zero-order valence-electron chi connectivity index (χ0n) is 19.1. The van der Waals surface area contributed by atoms with Crippen molar-refractivity contribution in [2.24, 2.45) is 0 Å². The first-order valence-electron chi connectivity index (χ1n) is 11.5. The number of anilines is 1. The maximum atomic E-state index is 13.4. The van der Waals surface area contributed by atoms with E-state index in [9.17, 15) is 9.59 Å². The molecule has 0 bridgehead atoms. The molecule has 3 aromatic carbocycles. The van der Waals surface area contributed by atoms with Gasteiger partial charge in [0.05, 0.1) is 18.4 Å². The number of nitrogens with zero attached hydrogens (tertiary/aromatic N) is 1. The van der Waals surface area contributed by atoms with Crippen LogP contribution in [0.25, 0.3) is 10.9 Å². The molecule has 4 aromatic rings. The van der Waals surface area contributed by atoms with Crippen molar-refractivity contribution in [3.63, 3.8) is 0 Å². The van der Waals surface area contributed by atoms with Crippen LogP contribution in [0.1, 0.15) is 45.0 Å². The molecule has 0 spiro atoms. The maximum Gasteiger partial charge on any atom is 0.255 e. The number of likely N-dealkylation sites (tertiary alicyclic amines) is 1. The van der Waals surface area contributed by atoms with E-state index in [4.69, 9.17) is 4.74 Å². The van der Waals surface area contributed by atoms with Crippen LogP contribution < -0.4 is 10.1 Å².